The number of halogens is 1. The minimum absolute atomic E-state index is 0.173. The molecule has 0 fully saturated rings. The van der Waals surface area contributed by atoms with Gasteiger partial charge in [0.05, 0.1) is 6.04 Å². The third-order valence-corrected chi connectivity index (χ3v) is 3.77. The average Bonchev–Trinajstić information content (AvgIpc) is 2.49. The van der Waals surface area contributed by atoms with Gasteiger partial charge in [0.2, 0.25) is 5.91 Å². The van der Waals surface area contributed by atoms with Crippen LogP contribution in [0.4, 0.5) is 5.69 Å². The first-order chi connectivity index (χ1) is 10.1. The van der Waals surface area contributed by atoms with Gasteiger partial charge in [-0.2, -0.15) is 0 Å². The quantitative estimate of drug-likeness (QED) is 0.887. The number of nitrogens with two attached hydrogens (primary N) is 1. The molecule has 110 valence electrons. The van der Waals surface area contributed by atoms with Crippen LogP contribution >= 0.6 is 11.6 Å². The van der Waals surface area contributed by atoms with Crippen molar-refractivity contribution < 1.29 is 4.79 Å². The van der Waals surface area contributed by atoms with E-state index in [1.165, 1.54) is 5.56 Å². The number of amides is 1. The van der Waals surface area contributed by atoms with Crippen molar-refractivity contribution in [3.05, 3.63) is 64.7 Å². The number of hydrogen-bond donors (Lipinski definition) is 2. The number of carbonyl (C=O) groups excluding carboxylic acids is 1. The highest BCUT2D eigenvalue weighted by atomic mass is 35.5. The van der Waals surface area contributed by atoms with Crippen LogP contribution in [0.25, 0.3) is 0 Å². The summed E-state index contributed by atoms with van der Waals surface area (Å²) in [6.45, 7) is 1.90. The standard InChI is InChI=1S/C17H19ClN2O/c1-12-11-14(8-9-15(12)18)20-17(21)16(19)10-7-13-5-3-2-4-6-13/h2-6,8-9,11,16H,7,10,19H2,1H3,(H,20,21)/t16-/m0/s1. The molecule has 2 aromatic carbocycles. The summed E-state index contributed by atoms with van der Waals surface area (Å²) in [4.78, 5) is 12.1. The Labute approximate surface area is 130 Å². The predicted molar refractivity (Wildman–Crippen MR) is 87.6 cm³/mol. The molecule has 0 radical (unpaired) electrons. The number of anilines is 1. The molecule has 1 atom stereocenters. The summed E-state index contributed by atoms with van der Waals surface area (Å²) in [5.74, 6) is -0.173. The van der Waals surface area contributed by atoms with E-state index in [4.69, 9.17) is 17.3 Å². The molecule has 0 spiro atoms. The zero-order chi connectivity index (χ0) is 15.2. The number of rotatable bonds is 5. The van der Waals surface area contributed by atoms with Crippen molar-refractivity contribution in [3.63, 3.8) is 0 Å². The highest BCUT2D eigenvalue weighted by molar-refractivity contribution is 6.31. The molecule has 1 amide bonds. The average molecular weight is 303 g/mol. The van der Waals surface area contributed by atoms with Crippen molar-refractivity contribution in [1.82, 2.24) is 0 Å². The number of aryl methyl sites for hydroxylation is 2. The molecular formula is C17H19ClN2O. The molecule has 3 nitrogen and oxygen atoms in total. The van der Waals surface area contributed by atoms with Crippen LogP contribution in [0.1, 0.15) is 17.5 Å². The van der Waals surface area contributed by atoms with Gasteiger partial charge in [0.25, 0.3) is 0 Å². The van der Waals surface area contributed by atoms with E-state index in [9.17, 15) is 4.79 Å². The Morgan fingerprint density at radius 2 is 1.95 bits per heavy atom. The molecule has 21 heavy (non-hydrogen) atoms. The van der Waals surface area contributed by atoms with Crippen LogP contribution in [0.2, 0.25) is 5.02 Å². The van der Waals surface area contributed by atoms with Gasteiger partial charge in [0, 0.05) is 10.7 Å². The molecule has 0 heterocycles. The van der Waals surface area contributed by atoms with Crippen molar-refractivity contribution in [1.29, 1.82) is 0 Å². The molecule has 0 saturated heterocycles. The van der Waals surface area contributed by atoms with Gasteiger partial charge in [-0.3, -0.25) is 4.79 Å². The Kier molecular flexibility index (Phi) is 5.37. The second kappa shape index (κ2) is 7.25. The Morgan fingerprint density at radius 1 is 1.24 bits per heavy atom. The summed E-state index contributed by atoms with van der Waals surface area (Å²) >= 11 is 5.96. The van der Waals surface area contributed by atoms with Gasteiger partial charge < -0.3 is 11.1 Å². The van der Waals surface area contributed by atoms with E-state index >= 15 is 0 Å². The number of carbonyl (C=O) groups is 1. The largest absolute Gasteiger partial charge is 0.325 e. The van der Waals surface area contributed by atoms with Gasteiger partial charge in [0.15, 0.2) is 0 Å². The van der Waals surface area contributed by atoms with Crippen LogP contribution in [0.5, 0.6) is 0 Å². The lowest BCUT2D eigenvalue weighted by molar-refractivity contribution is -0.117. The molecule has 4 heteroatoms. The molecule has 0 aliphatic carbocycles. The zero-order valence-electron chi connectivity index (χ0n) is 12.0. The fraction of sp³-hybridized carbons (Fsp3) is 0.235. The predicted octanol–water partition coefficient (Wildman–Crippen LogP) is 3.55. The van der Waals surface area contributed by atoms with Crippen molar-refractivity contribution in [2.45, 2.75) is 25.8 Å². The molecule has 0 aromatic heterocycles. The first-order valence-electron chi connectivity index (χ1n) is 6.93. The van der Waals surface area contributed by atoms with E-state index < -0.39 is 6.04 Å². The number of benzene rings is 2. The summed E-state index contributed by atoms with van der Waals surface area (Å²) < 4.78 is 0. The Balaban J connectivity index is 1.89. The van der Waals surface area contributed by atoms with Crippen molar-refractivity contribution in [2.75, 3.05) is 5.32 Å². The highest BCUT2D eigenvalue weighted by Gasteiger charge is 2.13. The van der Waals surface area contributed by atoms with Crippen molar-refractivity contribution in [3.8, 4) is 0 Å². The number of nitrogens with one attached hydrogen (secondary N) is 1. The fourth-order valence-electron chi connectivity index (χ4n) is 2.06. The second-order valence-corrected chi connectivity index (χ2v) is 5.49. The lowest BCUT2D eigenvalue weighted by Gasteiger charge is -2.13. The summed E-state index contributed by atoms with van der Waals surface area (Å²) in [5, 5.41) is 3.51. The third-order valence-electron chi connectivity index (χ3n) is 3.35. The first kappa shape index (κ1) is 15.5. The fourth-order valence-corrected chi connectivity index (χ4v) is 2.17. The van der Waals surface area contributed by atoms with Gasteiger partial charge >= 0.3 is 0 Å². The Hall–Kier alpha value is -1.84. The summed E-state index contributed by atoms with van der Waals surface area (Å²) in [6, 6.07) is 14.9. The van der Waals surface area contributed by atoms with E-state index in [0.29, 0.717) is 11.4 Å². The van der Waals surface area contributed by atoms with Gasteiger partial charge in [-0.15, -0.1) is 0 Å². The normalized spacial score (nSPS) is 12.0. The van der Waals surface area contributed by atoms with Gasteiger partial charge in [-0.1, -0.05) is 41.9 Å². The molecule has 0 aliphatic heterocycles. The minimum atomic E-state index is -0.527. The maximum absolute atomic E-state index is 12.1. The smallest absolute Gasteiger partial charge is 0.241 e. The van der Waals surface area contributed by atoms with Gasteiger partial charge in [-0.05, 0) is 49.1 Å². The molecule has 2 rings (SSSR count). The topological polar surface area (TPSA) is 55.1 Å². The van der Waals surface area contributed by atoms with Crippen molar-refractivity contribution >= 4 is 23.2 Å². The Morgan fingerprint density at radius 3 is 2.62 bits per heavy atom. The highest BCUT2D eigenvalue weighted by Crippen LogP contribution is 2.19. The summed E-state index contributed by atoms with van der Waals surface area (Å²) in [5.41, 5.74) is 8.77. The molecule has 3 N–H and O–H groups in total. The maximum Gasteiger partial charge on any atom is 0.241 e. The van der Waals surface area contributed by atoms with Gasteiger partial charge in [0.1, 0.15) is 0 Å². The SMILES string of the molecule is Cc1cc(NC(=O)[C@@H](N)CCc2ccccc2)ccc1Cl. The second-order valence-electron chi connectivity index (χ2n) is 5.08. The zero-order valence-corrected chi connectivity index (χ0v) is 12.7. The number of hydrogen-bond acceptors (Lipinski definition) is 2. The molecular weight excluding hydrogens is 284 g/mol. The monoisotopic (exact) mass is 302 g/mol. The van der Waals surface area contributed by atoms with Crippen molar-refractivity contribution in [2.24, 2.45) is 5.73 Å². The molecule has 2 aromatic rings. The van der Waals surface area contributed by atoms with Crippen LogP contribution in [0.15, 0.2) is 48.5 Å². The first-order valence-corrected chi connectivity index (χ1v) is 7.30. The van der Waals surface area contributed by atoms with Crippen LogP contribution in [-0.4, -0.2) is 11.9 Å². The Bertz CT molecular complexity index is 613. The maximum atomic E-state index is 12.1. The van der Waals surface area contributed by atoms with E-state index in [1.54, 1.807) is 12.1 Å². The van der Waals surface area contributed by atoms with E-state index in [0.717, 1.165) is 17.7 Å². The van der Waals surface area contributed by atoms with E-state index in [1.807, 2.05) is 43.3 Å². The summed E-state index contributed by atoms with van der Waals surface area (Å²) in [6.07, 6.45) is 1.40. The van der Waals surface area contributed by atoms with E-state index in [2.05, 4.69) is 5.32 Å². The van der Waals surface area contributed by atoms with Crippen LogP contribution in [0.3, 0.4) is 0 Å². The van der Waals surface area contributed by atoms with E-state index in [-0.39, 0.29) is 5.91 Å². The van der Waals surface area contributed by atoms with Crippen LogP contribution in [0, 0.1) is 6.92 Å². The lowest BCUT2D eigenvalue weighted by Crippen LogP contribution is -2.36. The van der Waals surface area contributed by atoms with Crippen LogP contribution < -0.4 is 11.1 Å². The van der Waals surface area contributed by atoms with Crippen LogP contribution in [-0.2, 0) is 11.2 Å². The lowest BCUT2D eigenvalue weighted by atomic mass is 10.1. The van der Waals surface area contributed by atoms with Gasteiger partial charge in [-0.25, -0.2) is 0 Å². The molecule has 0 saturated carbocycles. The molecule has 0 unspecified atom stereocenters. The minimum Gasteiger partial charge on any atom is -0.325 e. The summed E-state index contributed by atoms with van der Waals surface area (Å²) in [7, 11) is 0. The molecule has 0 bridgehead atoms. The third kappa shape index (κ3) is 4.59. The molecule has 0 aliphatic rings.